The van der Waals surface area contributed by atoms with E-state index in [1.807, 2.05) is 35.2 Å². The van der Waals surface area contributed by atoms with Crippen LogP contribution in [0.15, 0.2) is 48.8 Å². The molecular weight excluding hydrogens is 394 g/mol. The molecule has 0 unspecified atom stereocenters. The first-order chi connectivity index (χ1) is 15.2. The summed E-state index contributed by atoms with van der Waals surface area (Å²) >= 11 is 0. The van der Waals surface area contributed by atoms with Crippen molar-refractivity contribution in [1.29, 1.82) is 0 Å². The SMILES string of the molecule is O=C(c1cnc(N2CCOCC2)nc1)N1C[C@@H](Cc2ccc3ccccc3n2)[C@H](O)C1. The maximum Gasteiger partial charge on any atom is 0.257 e. The van der Waals surface area contributed by atoms with Gasteiger partial charge < -0.3 is 19.6 Å². The molecule has 0 spiro atoms. The molecule has 3 aromatic rings. The molecule has 2 aliphatic rings. The molecule has 5 rings (SSSR count). The van der Waals surface area contributed by atoms with Crippen LogP contribution in [0, 0.1) is 5.92 Å². The number of nitrogens with zero attached hydrogens (tertiary/aromatic N) is 5. The second-order valence-corrected chi connectivity index (χ2v) is 8.11. The number of aromatic nitrogens is 3. The van der Waals surface area contributed by atoms with Crippen LogP contribution in [0.3, 0.4) is 0 Å². The summed E-state index contributed by atoms with van der Waals surface area (Å²) in [5.41, 5.74) is 2.31. The summed E-state index contributed by atoms with van der Waals surface area (Å²) in [7, 11) is 0. The number of anilines is 1. The molecule has 31 heavy (non-hydrogen) atoms. The van der Waals surface area contributed by atoms with Crippen molar-refractivity contribution in [3.63, 3.8) is 0 Å². The third kappa shape index (κ3) is 4.22. The van der Waals surface area contributed by atoms with Gasteiger partial charge in [0.25, 0.3) is 5.91 Å². The Hall–Kier alpha value is -3.10. The second kappa shape index (κ2) is 8.56. The van der Waals surface area contributed by atoms with Crippen LogP contribution in [0.5, 0.6) is 0 Å². The number of pyridine rings is 1. The van der Waals surface area contributed by atoms with E-state index in [9.17, 15) is 9.90 Å². The maximum atomic E-state index is 12.9. The first-order valence-corrected chi connectivity index (χ1v) is 10.6. The van der Waals surface area contributed by atoms with E-state index in [0.717, 1.165) is 29.7 Å². The number of fused-ring (bicyclic) bond motifs is 1. The van der Waals surface area contributed by atoms with Gasteiger partial charge in [-0.25, -0.2) is 9.97 Å². The number of carbonyl (C=O) groups excluding carboxylic acids is 1. The van der Waals surface area contributed by atoms with Crippen LogP contribution in [0.1, 0.15) is 16.1 Å². The summed E-state index contributed by atoms with van der Waals surface area (Å²) in [4.78, 5) is 30.1. The zero-order valence-electron chi connectivity index (χ0n) is 17.2. The highest BCUT2D eigenvalue weighted by molar-refractivity contribution is 5.94. The van der Waals surface area contributed by atoms with Gasteiger partial charge in [0, 0.05) is 55.6 Å². The summed E-state index contributed by atoms with van der Waals surface area (Å²) in [6.07, 6.45) is 3.20. The lowest BCUT2D eigenvalue weighted by atomic mass is 9.99. The van der Waals surface area contributed by atoms with Crippen LogP contribution in [0.2, 0.25) is 0 Å². The molecule has 2 saturated heterocycles. The summed E-state index contributed by atoms with van der Waals surface area (Å²) in [6, 6.07) is 12.0. The number of β-amino-alcohol motifs (C(OH)–C–C–N with tert-alkyl or cyclic N) is 1. The normalized spacial score (nSPS) is 21.6. The van der Waals surface area contributed by atoms with Gasteiger partial charge in [-0.2, -0.15) is 0 Å². The van der Waals surface area contributed by atoms with Crippen molar-refractivity contribution in [3.05, 3.63) is 60.0 Å². The van der Waals surface area contributed by atoms with Gasteiger partial charge in [0.05, 0.1) is 30.4 Å². The van der Waals surface area contributed by atoms with Crippen LogP contribution in [0.25, 0.3) is 10.9 Å². The first-order valence-electron chi connectivity index (χ1n) is 10.6. The van der Waals surface area contributed by atoms with Crippen LogP contribution in [-0.2, 0) is 11.2 Å². The van der Waals surface area contributed by atoms with Crippen LogP contribution in [-0.4, -0.2) is 76.4 Å². The number of morpholine rings is 1. The topological polar surface area (TPSA) is 91.7 Å². The highest BCUT2D eigenvalue weighted by Crippen LogP contribution is 2.24. The molecule has 8 nitrogen and oxygen atoms in total. The molecular formula is C23H25N5O3. The Labute approximate surface area is 180 Å². The summed E-state index contributed by atoms with van der Waals surface area (Å²) in [6.45, 7) is 3.60. The number of aliphatic hydroxyl groups is 1. The van der Waals surface area contributed by atoms with Gasteiger partial charge in [-0.1, -0.05) is 24.3 Å². The molecule has 2 atom stereocenters. The van der Waals surface area contributed by atoms with E-state index < -0.39 is 6.10 Å². The minimum atomic E-state index is -0.578. The molecule has 0 radical (unpaired) electrons. The average Bonchev–Trinajstić information content (AvgIpc) is 3.19. The van der Waals surface area contributed by atoms with E-state index in [1.54, 1.807) is 17.3 Å². The number of amides is 1. The van der Waals surface area contributed by atoms with Crippen LogP contribution in [0.4, 0.5) is 5.95 Å². The fourth-order valence-corrected chi connectivity index (χ4v) is 4.25. The molecule has 8 heteroatoms. The molecule has 1 aromatic carbocycles. The lowest BCUT2D eigenvalue weighted by Crippen LogP contribution is -2.37. The first kappa shape index (κ1) is 19.8. The largest absolute Gasteiger partial charge is 0.391 e. The fraction of sp³-hybridized carbons (Fsp3) is 0.391. The lowest BCUT2D eigenvalue weighted by Gasteiger charge is -2.26. The Morgan fingerprint density at radius 2 is 1.84 bits per heavy atom. The molecule has 2 aliphatic heterocycles. The number of aliphatic hydroxyl groups excluding tert-OH is 1. The third-order valence-corrected chi connectivity index (χ3v) is 6.00. The molecule has 1 amide bonds. The third-order valence-electron chi connectivity index (χ3n) is 6.00. The Kier molecular flexibility index (Phi) is 5.48. The van der Waals surface area contributed by atoms with Gasteiger partial charge in [0.15, 0.2) is 0 Å². The Bertz CT molecular complexity index is 1070. The Morgan fingerprint density at radius 1 is 1.06 bits per heavy atom. The standard InChI is InChI=1S/C23H25N5O3/c29-21-15-28(14-17(21)11-19-6-5-16-3-1-2-4-20(16)26-19)22(30)18-12-24-23(25-13-18)27-7-9-31-10-8-27/h1-6,12-13,17,21,29H,7-11,14-15H2/t17-,21-/m1/s1. The highest BCUT2D eigenvalue weighted by atomic mass is 16.5. The van der Waals surface area contributed by atoms with Crippen LogP contribution >= 0.6 is 0 Å². The number of rotatable bonds is 4. The maximum absolute atomic E-state index is 12.9. The smallest absolute Gasteiger partial charge is 0.257 e. The Morgan fingerprint density at radius 3 is 2.65 bits per heavy atom. The minimum absolute atomic E-state index is 0.0499. The molecule has 1 N–H and O–H groups in total. The monoisotopic (exact) mass is 419 g/mol. The number of hydrogen-bond acceptors (Lipinski definition) is 7. The van der Waals surface area contributed by atoms with E-state index in [4.69, 9.17) is 9.72 Å². The van der Waals surface area contributed by atoms with E-state index in [1.165, 1.54) is 0 Å². The fourth-order valence-electron chi connectivity index (χ4n) is 4.25. The molecule has 160 valence electrons. The molecule has 2 aromatic heterocycles. The quantitative estimate of drug-likeness (QED) is 0.686. The van der Waals surface area contributed by atoms with Crippen molar-refractivity contribution in [2.45, 2.75) is 12.5 Å². The van der Waals surface area contributed by atoms with Crippen molar-refractivity contribution in [2.24, 2.45) is 5.92 Å². The minimum Gasteiger partial charge on any atom is -0.391 e. The predicted octanol–water partition coefficient (Wildman–Crippen LogP) is 1.54. The number of hydrogen-bond donors (Lipinski definition) is 1. The van der Waals surface area contributed by atoms with E-state index in [2.05, 4.69) is 16.0 Å². The van der Waals surface area contributed by atoms with Crippen molar-refractivity contribution >= 4 is 22.8 Å². The summed E-state index contributed by atoms with van der Waals surface area (Å²) < 4.78 is 5.35. The van der Waals surface area contributed by atoms with Gasteiger partial charge in [-0.3, -0.25) is 9.78 Å². The molecule has 0 saturated carbocycles. The zero-order chi connectivity index (χ0) is 21.2. The van der Waals surface area contributed by atoms with Crippen molar-refractivity contribution in [3.8, 4) is 0 Å². The number of ether oxygens (including phenoxy) is 1. The van der Waals surface area contributed by atoms with E-state index >= 15 is 0 Å². The van der Waals surface area contributed by atoms with E-state index in [0.29, 0.717) is 44.2 Å². The van der Waals surface area contributed by atoms with Gasteiger partial charge in [-0.05, 0) is 18.6 Å². The number of likely N-dealkylation sites (tertiary alicyclic amines) is 1. The molecule has 4 heterocycles. The molecule has 0 aliphatic carbocycles. The highest BCUT2D eigenvalue weighted by Gasteiger charge is 2.35. The van der Waals surface area contributed by atoms with Gasteiger partial charge in [0.1, 0.15) is 0 Å². The van der Waals surface area contributed by atoms with Gasteiger partial charge >= 0.3 is 0 Å². The number of benzene rings is 1. The van der Waals surface area contributed by atoms with Crippen molar-refractivity contribution < 1.29 is 14.6 Å². The summed E-state index contributed by atoms with van der Waals surface area (Å²) in [5.74, 6) is 0.411. The van der Waals surface area contributed by atoms with Crippen LogP contribution < -0.4 is 4.90 Å². The Balaban J connectivity index is 1.24. The lowest BCUT2D eigenvalue weighted by molar-refractivity contribution is 0.0763. The number of carbonyl (C=O) groups is 1. The van der Waals surface area contributed by atoms with Crippen molar-refractivity contribution in [2.75, 3.05) is 44.3 Å². The zero-order valence-corrected chi connectivity index (χ0v) is 17.2. The van der Waals surface area contributed by atoms with Crippen molar-refractivity contribution in [1.82, 2.24) is 19.9 Å². The average molecular weight is 419 g/mol. The molecule has 0 bridgehead atoms. The summed E-state index contributed by atoms with van der Waals surface area (Å²) in [5, 5.41) is 11.7. The molecule has 2 fully saturated rings. The van der Waals surface area contributed by atoms with Gasteiger partial charge in [-0.15, -0.1) is 0 Å². The van der Waals surface area contributed by atoms with Gasteiger partial charge in [0.2, 0.25) is 5.95 Å². The number of para-hydroxylation sites is 1. The predicted molar refractivity (Wildman–Crippen MR) is 116 cm³/mol. The second-order valence-electron chi connectivity index (χ2n) is 8.11. The van der Waals surface area contributed by atoms with E-state index in [-0.39, 0.29) is 11.8 Å².